The Balaban J connectivity index is 1.08. The van der Waals surface area contributed by atoms with Gasteiger partial charge in [0, 0.05) is 38.3 Å². The van der Waals surface area contributed by atoms with Crippen LogP contribution in [0.1, 0.15) is 19.3 Å². The molecule has 2 atom stereocenters. The number of alkyl halides is 1. The topological polar surface area (TPSA) is 134 Å². The van der Waals surface area contributed by atoms with E-state index in [9.17, 15) is 26.3 Å². The van der Waals surface area contributed by atoms with Crippen molar-refractivity contribution in [2.45, 2.75) is 46.8 Å². The summed E-state index contributed by atoms with van der Waals surface area (Å²) < 4.78 is 78.9. The van der Waals surface area contributed by atoms with E-state index in [1.807, 2.05) is 30.3 Å². The molecule has 2 heterocycles. The molecule has 0 amide bonds. The quantitative estimate of drug-likeness (QED) is 0.281. The first kappa shape index (κ1) is 30.8. The number of piperidine rings is 1. The van der Waals surface area contributed by atoms with E-state index < -0.39 is 38.4 Å². The second kappa shape index (κ2) is 12.9. The summed E-state index contributed by atoms with van der Waals surface area (Å²) in [6.07, 6.45) is 1.02. The molecule has 0 aromatic heterocycles. The Morgan fingerprint density at radius 1 is 1.00 bits per heavy atom. The highest BCUT2D eigenvalue weighted by Crippen LogP contribution is 2.37. The Labute approximate surface area is 245 Å². The second-order valence-corrected chi connectivity index (χ2v) is 14.4. The molecule has 5 rings (SSSR count). The number of sulfonamides is 2. The van der Waals surface area contributed by atoms with Crippen molar-refractivity contribution < 1.29 is 35.8 Å². The molecular weight excluding hydrogens is 585 g/mol. The lowest BCUT2D eigenvalue weighted by atomic mass is 9.88. The first-order valence-electron chi connectivity index (χ1n) is 13.9. The van der Waals surface area contributed by atoms with Gasteiger partial charge in [0.15, 0.2) is 0 Å². The van der Waals surface area contributed by atoms with E-state index in [1.165, 1.54) is 22.5 Å². The van der Waals surface area contributed by atoms with Gasteiger partial charge >= 0.3 is 0 Å². The van der Waals surface area contributed by atoms with Gasteiger partial charge in [-0.1, -0.05) is 36.4 Å². The van der Waals surface area contributed by atoms with Crippen LogP contribution in [0.5, 0.6) is 5.75 Å². The molecule has 3 N–H and O–H groups in total. The molecule has 3 aromatic rings. The van der Waals surface area contributed by atoms with E-state index in [0.29, 0.717) is 43.9 Å². The minimum Gasteiger partial charge on any atom is -0.491 e. The number of hydrogen-bond donors (Lipinski definition) is 3. The van der Waals surface area contributed by atoms with Gasteiger partial charge in [0.1, 0.15) is 25.1 Å². The minimum atomic E-state index is -3.85. The number of aliphatic hydroxyl groups excluding tert-OH is 1. The summed E-state index contributed by atoms with van der Waals surface area (Å²) in [7, 11) is -7.46. The monoisotopic (exact) mass is 621 g/mol. The van der Waals surface area contributed by atoms with Crippen LogP contribution in [0.2, 0.25) is 0 Å². The summed E-state index contributed by atoms with van der Waals surface area (Å²) in [4.78, 5) is 0.243. The molecule has 42 heavy (non-hydrogen) atoms. The highest BCUT2D eigenvalue weighted by atomic mass is 32.2. The molecule has 0 aliphatic carbocycles. The summed E-state index contributed by atoms with van der Waals surface area (Å²) in [5, 5.41) is 15.6. The SMILES string of the molecule is O=S(=O)(NCCF)c1cccc(OC[C@@H](O)CNC2COC3(CCN(S(=O)(=O)c4ccc5ccccc5c4)CC3)C2)c1. The number of nitrogens with zero attached hydrogens (tertiary/aromatic N) is 1. The summed E-state index contributed by atoms with van der Waals surface area (Å²) in [5.74, 6) is 0.269. The zero-order valence-electron chi connectivity index (χ0n) is 23.1. The predicted octanol–water partition coefficient (Wildman–Crippen LogP) is 2.43. The van der Waals surface area contributed by atoms with Crippen molar-refractivity contribution in [3.05, 3.63) is 66.7 Å². The predicted molar refractivity (Wildman–Crippen MR) is 156 cm³/mol. The van der Waals surface area contributed by atoms with Gasteiger partial charge in [-0.15, -0.1) is 0 Å². The highest BCUT2D eigenvalue weighted by molar-refractivity contribution is 7.89. The maximum atomic E-state index is 13.3. The van der Waals surface area contributed by atoms with Crippen LogP contribution in [0, 0.1) is 0 Å². The maximum absolute atomic E-state index is 13.3. The zero-order valence-corrected chi connectivity index (χ0v) is 24.7. The Morgan fingerprint density at radius 2 is 1.76 bits per heavy atom. The van der Waals surface area contributed by atoms with Gasteiger partial charge in [0.05, 0.1) is 22.0 Å². The Morgan fingerprint density at radius 3 is 2.52 bits per heavy atom. The molecule has 2 saturated heterocycles. The lowest BCUT2D eigenvalue weighted by Gasteiger charge is -2.38. The lowest BCUT2D eigenvalue weighted by Crippen LogP contribution is -2.47. The van der Waals surface area contributed by atoms with Crippen molar-refractivity contribution in [1.82, 2.24) is 14.3 Å². The highest BCUT2D eigenvalue weighted by Gasteiger charge is 2.44. The third kappa shape index (κ3) is 7.10. The van der Waals surface area contributed by atoms with Gasteiger partial charge in [-0.25, -0.2) is 25.9 Å². The van der Waals surface area contributed by atoms with Gasteiger partial charge in [0.2, 0.25) is 20.0 Å². The van der Waals surface area contributed by atoms with Gasteiger partial charge < -0.3 is 19.9 Å². The van der Waals surface area contributed by atoms with Crippen LogP contribution in [-0.4, -0.2) is 90.1 Å². The summed E-state index contributed by atoms with van der Waals surface area (Å²) in [6, 6.07) is 18.7. The Hall–Kier alpha value is -2.65. The van der Waals surface area contributed by atoms with Gasteiger partial charge in [-0.2, -0.15) is 4.31 Å². The molecule has 1 unspecified atom stereocenters. The van der Waals surface area contributed by atoms with Crippen LogP contribution < -0.4 is 14.8 Å². The molecule has 228 valence electrons. The number of rotatable bonds is 12. The third-order valence-corrected chi connectivity index (χ3v) is 11.1. The van der Waals surface area contributed by atoms with Gasteiger partial charge in [-0.05, 0) is 54.3 Å². The van der Waals surface area contributed by atoms with Crippen molar-refractivity contribution in [2.75, 3.05) is 46.1 Å². The first-order valence-corrected chi connectivity index (χ1v) is 16.9. The molecular formula is C29H36FN3O7S2. The van der Waals surface area contributed by atoms with Gasteiger partial charge in [-0.3, -0.25) is 0 Å². The fourth-order valence-electron chi connectivity index (χ4n) is 5.48. The number of aliphatic hydroxyl groups is 1. The fraction of sp³-hybridized carbons (Fsp3) is 0.448. The molecule has 0 saturated carbocycles. The first-order chi connectivity index (χ1) is 20.1. The third-order valence-electron chi connectivity index (χ3n) is 7.79. The van der Waals surface area contributed by atoms with Crippen molar-refractivity contribution in [1.29, 1.82) is 0 Å². The van der Waals surface area contributed by atoms with Crippen LogP contribution in [0.25, 0.3) is 10.8 Å². The average molecular weight is 622 g/mol. The standard InChI is InChI=1S/C29H36FN3O7S2/c30-12-13-32-41(35,36)27-7-3-6-26(17-27)39-21-25(34)19-31-24-18-29(40-20-24)10-14-33(15-11-29)42(37,38)28-9-8-22-4-1-2-5-23(22)16-28/h1-9,16-17,24-25,31-32,34H,10-15,18-21H2/t24?,25-/m0/s1. The van der Waals surface area contributed by atoms with Crippen LogP contribution in [0.3, 0.4) is 0 Å². The Kier molecular flexibility index (Phi) is 9.47. The molecule has 0 bridgehead atoms. The fourth-order valence-corrected chi connectivity index (χ4v) is 8.00. The molecule has 13 heteroatoms. The molecule has 0 radical (unpaired) electrons. The maximum Gasteiger partial charge on any atom is 0.243 e. The van der Waals surface area contributed by atoms with Crippen molar-refractivity contribution in [3.63, 3.8) is 0 Å². The van der Waals surface area contributed by atoms with Crippen molar-refractivity contribution in [3.8, 4) is 5.75 Å². The van der Waals surface area contributed by atoms with Gasteiger partial charge in [0.25, 0.3) is 0 Å². The largest absolute Gasteiger partial charge is 0.491 e. The van der Waals surface area contributed by atoms with Crippen LogP contribution >= 0.6 is 0 Å². The number of nitrogens with one attached hydrogen (secondary N) is 2. The zero-order chi connectivity index (χ0) is 29.8. The molecule has 2 aliphatic heterocycles. The van der Waals surface area contributed by atoms with E-state index in [1.54, 1.807) is 18.2 Å². The molecule has 10 nitrogen and oxygen atoms in total. The van der Waals surface area contributed by atoms with E-state index >= 15 is 0 Å². The molecule has 1 spiro atoms. The Bertz CT molecular complexity index is 1600. The second-order valence-electron chi connectivity index (χ2n) is 10.7. The number of hydrogen-bond acceptors (Lipinski definition) is 8. The van der Waals surface area contributed by atoms with E-state index in [-0.39, 0.29) is 36.4 Å². The number of ether oxygens (including phenoxy) is 2. The summed E-state index contributed by atoms with van der Waals surface area (Å²) in [5.41, 5.74) is -0.406. The number of fused-ring (bicyclic) bond motifs is 1. The van der Waals surface area contributed by atoms with E-state index in [2.05, 4.69) is 10.0 Å². The molecule has 2 fully saturated rings. The van der Waals surface area contributed by atoms with Crippen LogP contribution in [0.4, 0.5) is 4.39 Å². The normalized spacial score (nSPS) is 20.2. The molecule has 3 aromatic carbocycles. The lowest BCUT2D eigenvalue weighted by molar-refractivity contribution is -0.0312. The van der Waals surface area contributed by atoms with Crippen LogP contribution in [0.15, 0.2) is 76.5 Å². The van der Waals surface area contributed by atoms with E-state index in [0.717, 1.165) is 10.8 Å². The minimum absolute atomic E-state index is 0.00153. The number of halogens is 1. The summed E-state index contributed by atoms with van der Waals surface area (Å²) >= 11 is 0. The summed E-state index contributed by atoms with van der Waals surface area (Å²) in [6.45, 7) is 0.252. The van der Waals surface area contributed by atoms with Crippen molar-refractivity contribution >= 4 is 30.8 Å². The number of benzene rings is 3. The molecule has 2 aliphatic rings. The average Bonchev–Trinajstić information content (AvgIpc) is 3.40. The van der Waals surface area contributed by atoms with Crippen molar-refractivity contribution in [2.24, 2.45) is 0 Å². The smallest absolute Gasteiger partial charge is 0.243 e. The van der Waals surface area contributed by atoms with Crippen LogP contribution in [-0.2, 0) is 24.8 Å². The van der Waals surface area contributed by atoms with E-state index in [4.69, 9.17) is 9.47 Å².